The maximum absolute atomic E-state index is 13.1. The van der Waals surface area contributed by atoms with Gasteiger partial charge in [-0.05, 0) is 26.0 Å². The van der Waals surface area contributed by atoms with E-state index in [4.69, 9.17) is 5.73 Å². The summed E-state index contributed by atoms with van der Waals surface area (Å²) in [6.07, 6.45) is 2.10. The van der Waals surface area contributed by atoms with Crippen LogP contribution >= 0.6 is 0 Å². The van der Waals surface area contributed by atoms with Crippen LogP contribution in [0.5, 0.6) is 0 Å². The molecule has 0 bridgehead atoms. The summed E-state index contributed by atoms with van der Waals surface area (Å²) < 4.78 is 14.9. The third-order valence-electron chi connectivity index (χ3n) is 2.36. The van der Waals surface area contributed by atoms with E-state index in [1.54, 1.807) is 10.5 Å². The van der Waals surface area contributed by atoms with Crippen LogP contribution < -0.4 is 5.73 Å². The molecule has 2 N–H and O–H groups in total. The second kappa shape index (κ2) is 3.62. The standard InChI is InChI=1S/C11H14FN3/c1-7(13)5-11-14-8(2)10-4-3-9(12)6-15(10)11/h3-4,6-7H,5,13H2,1-2H3. The summed E-state index contributed by atoms with van der Waals surface area (Å²) in [5.74, 6) is 0.558. The molecule has 0 aliphatic carbocycles. The van der Waals surface area contributed by atoms with Gasteiger partial charge in [0.25, 0.3) is 0 Å². The van der Waals surface area contributed by atoms with Gasteiger partial charge in [0, 0.05) is 18.7 Å². The van der Waals surface area contributed by atoms with Crippen LogP contribution in [-0.2, 0) is 6.42 Å². The number of hydrogen-bond donors (Lipinski definition) is 1. The zero-order chi connectivity index (χ0) is 11.0. The van der Waals surface area contributed by atoms with E-state index < -0.39 is 0 Å². The van der Waals surface area contributed by atoms with E-state index in [0.29, 0.717) is 6.42 Å². The molecule has 0 spiro atoms. The Morgan fingerprint density at radius 2 is 2.27 bits per heavy atom. The first-order chi connectivity index (χ1) is 7.08. The fraction of sp³-hybridized carbons (Fsp3) is 0.364. The molecule has 3 nitrogen and oxygen atoms in total. The van der Waals surface area contributed by atoms with Crippen LogP contribution in [0.1, 0.15) is 18.4 Å². The number of nitrogens with zero attached hydrogens (tertiary/aromatic N) is 2. The van der Waals surface area contributed by atoms with Crippen molar-refractivity contribution in [2.24, 2.45) is 5.73 Å². The summed E-state index contributed by atoms with van der Waals surface area (Å²) in [5.41, 5.74) is 7.56. The van der Waals surface area contributed by atoms with Crippen LogP contribution in [0.15, 0.2) is 18.3 Å². The highest BCUT2D eigenvalue weighted by molar-refractivity contribution is 5.52. The van der Waals surface area contributed by atoms with E-state index in [9.17, 15) is 4.39 Å². The van der Waals surface area contributed by atoms with Gasteiger partial charge in [-0.1, -0.05) is 0 Å². The zero-order valence-corrected chi connectivity index (χ0v) is 8.87. The van der Waals surface area contributed by atoms with Crippen molar-refractivity contribution in [3.8, 4) is 0 Å². The minimum Gasteiger partial charge on any atom is -0.328 e. The molecular formula is C11H14FN3. The summed E-state index contributed by atoms with van der Waals surface area (Å²) >= 11 is 0. The third kappa shape index (κ3) is 1.85. The van der Waals surface area contributed by atoms with Crippen molar-refractivity contribution in [2.45, 2.75) is 26.3 Å². The van der Waals surface area contributed by atoms with E-state index in [1.165, 1.54) is 12.3 Å². The van der Waals surface area contributed by atoms with Crippen LogP contribution in [0.3, 0.4) is 0 Å². The number of aryl methyl sites for hydroxylation is 1. The first-order valence-electron chi connectivity index (χ1n) is 4.96. The molecule has 15 heavy (non-hydrogen) atoms. The number of nitrogens with two attached hydrogens (primary N) is 1. The van der Waals surface area contributed by atoms with Crippen molar-refractivity contribution >= 4 is 5.52 Å². The van der Waals surface area contributed by atoms with Crippen molar-refractivity contribution in [1.82, 2.24) is 9.38 Å². The van der Waals surface area contributed by atoms with Gasteiger partial charge < -0.3 is 10.1 Å². The first-order valence-corrected chi connectivity index (χ1v) is 4.96. The van der Waals surface area contributed by atoms with Gasteiger partial charge in [0.1, 0.15) is 11.6 Å². The molecule has 0 fully saturated rings. The lowest BCUT2D eigenvalue weighted by Crippen LogP contribution is -2.19. The first kappa shape index (κ1) is 10.1. The normalized spacial score (nSPS) is 13.3. The maximum atomic E-state index is 13.1. The van der Waals surface area contributed by atoms with Crippen molar-refractivity contribution in [3.05, 3.63) is 35.7 Å². The largest absolute Gasteiger partial charge is 0.328 e. The Morgan fingerprint density at radius 3 is 2.93 bits per heavy atom. The topological polar surface area (TPSA) is 43.3 Å². The van der Waals surface area contributed by atoms with Crippen LogP contribution in [0.2, 0.25) is 0 Å². The number of halogens is 1. The van der Waals surface area contributed by atoms with Gasteiger partial charge in [0.15, 0.2) is 0 Å². The molecule has 0 radical (unpaired) electrons. The van der Waals surface area contributed by atoms with Gasteiger partial charge in [-0.25, -0.2) is 9.37 Å². The van der Waals surface area contributed by atoms with Crippen LogP contribution in [0, 0.1) is 12.7 Å². The van der Waals surface area contributed by atoms with Crippen molar-refractivity contribution < 1.29 is 4.39 Å². The molecular weight excluding hydrogens is 193 g/mol. The van der Waals surface area contributed by atoms with Gasteiger partial charge in [0.05, 0.1) is 11.2 Å². The summed E-state index contributed by atoms with van der Waals surface area (Å²) in [6, 6.07) is 3.21. The van der Waals surface area contributed by atoms with Gasteiger partial charge in [-0.2, -0.15) is 0 Å². The van der Waals surface area contributed by atoms with E-state index in [1.807, 2.05) is 13.8 Å². The van der Waals surface area contributed by atoms with E-state index >= 15 is 0 Å². The lowest BCUT2D eigenvalue weighted by atomic mass is 10.2. The third-order valence-corrected chi connectivity index (χ3v) is 2.36. The molecule has 0 saturated heterocycles. The summed E-state index contributed by atoms with van der Waals surface area (Å²) in [4.78, 5) is 4.39. The molecule has 2 rings (SSSR count). The van der Waals surface area contributed by atoms with Crippen LogP contribution in [0.25, 0.3) is 5.52 Å². The van der Waals surface area contributed by atoms with Crippen LogP contribution in [-0.4, -0.2) is 15.4 Å². The number of pyridine rings is 1. The number of imidazole rings is 1. The Balaban J connectivity index is 2.59. The second-order valence-electron chi connectivity index (χ2n) is 3.90. The SMILES string of the molecule is Cc1nc(CC(C)N)n2cc(F)ccc12. The van der Waals surface area contributed by atoms with Crippen molar-refractivity contribution in [2.75, 3.05) is 0 Å². The molecule has 2 heterocycles. The lowest BCUT2D eigenvalue weighted by Gasteiger charge is -2.03. The highest BCUT2D eigenvalue weighted by atomic mass is 19.1. The molecule has 2 aromatic rings. The summed E-state index contributed by atoms with van der Waals surface area (Å²) in [7, 11) is 0. The Bertz CT molecular complexity index is 488. The average Bonchev–Trinajstić information content (AvgIpc) is 2.42. The van der Waals surface area contributed by atoms with Gasteiger partial charge >= 0.3 is 0 Å². The minimum atomic E-state index is -0.258. The fourth-order valence-corrected chi connectivity index (χ4v) is 1.72. The molecule has 0 aliphatic heterocycles. The molecule has 0 amide bonds. The quantitative estimate of drug-likeness (QED) is 0.814. The summed E-state index contributed by atoms with van der Waals surface area (Å²) in [5, 5.41) is 0. The van der Waals surface area contributed by atoms with E-state index in [2.05, 4.69) is 4.98 Å². The lowest BCUT2D eigenvalue weighted by molar-refractivity contribution is 0.614. The molecule has 2 aromatic heterocycles. The highest BCUT2D eigenvalue weighted by Gasteiger charge is 2.09. The predicted molar refractivity (Wildman–Crippen MR) is 57.2 cm³/mol. The van der Waals surface area contributed by atoms with Gasteiger partial charge in [0.2, 0.25) is 0 Å². The zero-order valence-electron chi connectivity index (χ0n) is 8.87. The Labute approximate surface area is 87.7 Å². The molecule has 0 saturated carbocycles. The summed E-state index contributed by atoms with van der Waals surface area (Å²) in [6.45, 7) is 3.83. The predicted octanol–water partition coefficient (Wildman–Crippen LogP) is 1.67. The molecule has 0 aliphatic rings. The van der Waals surface area contributed by atoms with Gasteiger partial charge in [-0.3, -0.25) is 0 Å². The molecule has 1 atom stereocenters. The average molecular weight is 207 g/mol. The maximum Gasteiger partial charge on any atom is 0.139 e. The van der Waals surface area contributed by atoms with Gasteiger partial charge in [-0.15, -0.1) is 0 Å². The van der Waals surface area contributed by atoms with E-state index in [0.717, 1.165) is 17.0 Å². The number of hydrogen-bond acceptors (Lipinski definition) is 2. The minimum absolute atomic E-state index is 0.0262. The molecule has 4 heteroatoms. The van der Waals surface area contributed by atoms with Crippen LogP contribution in [0.4, 0.5) is 4.39 Å². The smallest absolute Gasteiger partial charge is 0.139 e. The Hall–Kier alpha value is -1.42. The fourth-order valence-electron chi connectivity index (χ4n) is 1.72. The number of aromatic nitrogens is 2. The molecule has 80 valence electrons. The van der Waals surface area contributed by atoms with Crippen molar-refractivity contribution in [3.63, 3.8) is 0 Å². The monoisotopic (exact) mass is 207 g/mol. The van der Waals surface area contributed by atoms with Crippen molar-refractivity contribution in [1.29, 1.82) is 0 Å². The Morgan fingerprint density at radius 1 is 1.53 bits per heavy atom. The highest BCUT2D eigenvalue weighted by Crippen LogP contribution is 2.14. The number of rotatable bonds is 2. The Kier molecular flexibility index (Phi) is 2.44. The molecule has 0 aromatic carbocycles. The second-order valence-corrected chi connectivity index (χ2v) is 3.90. The molecule has 1 unspecified atom stereocenters. The van der Waals surface area contributed by atoms with E-state index in [-0.39, 0.29) is 11.9 Å². The number of fused-ring (bicyclic) bond motifs is 1.